The van der Waals surface area contributed by atoms with E-state index in [0.717, 1.165) is 17.5 Å². The van der Waals surface area contributed by atoms with Gasteiger partial charge < -0.3 is 9.47 Å². The van der Waals surface area contributed by atoms with Crippen LogP contribution < -0.4 is 0 Å². The lowest BCUT2D eigenvalue weighted by Gasteiger charge is -2.07. The molecule has 0 N–H and O–H groups in total. The topological polar surface area (TPSA) is 21.1 Å². The molecular formula is C8H15N3S. The molecule has 0 aliphatic heterocycles. The van der Waals surface area contributed by atoms with E-state index >= 15 is 0 Å². The van der Waals surface area contributed by atoms with Gasteiger partial charge in [0.2, 0.25) is 0 Å². The van der Waals surface area contributed by atoms with Crippen molar-refractivity contribution in [2.75, 3.05) is 26.4 Å². The molecule has 1 heterocycles. The second-order valence-corrected chi connectivity index (χ2v) is 4.03. The molecule has 0 aromatic carbocycles. The molecule has 0 unspecified atom stereocenters. The second kappa shape index (κ2) is 4.52. The summed E-state index contributed by atoms with van der Waals surface area (Å²) in [5.41, 5.74) is 0. The van der Waals surface area contributed by atoms with Crippen LogP contribution in [0.3, 0.4) is 0 Å². The third-order valence-corrected chi connectivity index (χ3v) is 2.58. The SMILES string of the molecule is CN(C)CCSc1nccn1C. The molecule has 0 aliphatic carbocycles. The summed E-state index contributed by atoms with van der Waals surface area (Å²) in [6.07, 6.45) is 3.80. The Bertz CT molecular complexity index is 232. The van der Waals surface area contributed by atoms with Gasteiger partial charge in [0.25, 0.3) is 0 Å². The van der Waals surface area contributed by atoms with Gasteiger partial charge in [0.15, 0.2) is 5.16 Å². The van der Waals surface area contributed by atoms with Gasteiger partial charge in [-0.15, -0.1) is 0 Å². The van der Waals surface area contributed by atoms with E-state index in [1.54, 1.807) is 11.8 Å². The van der Waals surface area contributed by atoms with Crippen LogP contribution in [0.1, 0.15) is 0 Å². The van der Waals surface area contributed by atoms with Crippen molar-refractivity contribution in [1.29, 1.82) is 0 Å². The van der Waals surface area contributed by atoms with Crippen LogP contribution in [-0.4, -0.2) is 40.8 Å². The van der Waals surface area contributed by atoms with E-state index in [1.807, 2.05) is 24.0 Å². The molecule has 0 fully saturated rings. The van der Waals surface area contributed by atoms with Gasteiger partial charge in [0.05, 0.1) is 0 Å². The molecule has 0 spiro atoms. The highest BCUT2D eigenvalue weighted by Crippen LogP contribution is 2.13. The monoisotopic (exact) mass is 185 g/mol. The Labute approximate surface area is 77.8 Å². The van der Waals surface area contributed by atoms with Gasteiger partial charge in [-0.2, -0.15) is 0 Å². The molecular weight excluding hydrogens is 170 g/mol. The maximum Gasteiger partial charge on any atom is 0.167 e. The van der Waals surface area contributed by atoms with Gasteiger partial charge in [-0.05, 0) is 14.1 Å². The summed E-state index contributed by atoms with van der Waals surface area (Å²) in [6, 6.07) is 0. The van der Waals surface area contributed by atoms with Crippen LogP contribution in [0.2, 0.25) is 0 Å². The minimum atomic E-state index is 1.09. The van der Waals surface area contributed by atoms with Crippen molar-refractivity contribution >= 4 is 11.8 Å². The first-order chi connectivity index (χ1) is 5.70. The van der Waals surface area contributed by atoms with Crippen LogP contribution in [-0.2, 0) is 7.05 Å². The number of aryl methyl sites for hydroxylation is 1. The second-order valence-electron chi connectivity index (χ2n) is 2.97. The van der Waals surface area contributed by atoms with Crippen LogP contribution in [0.15, 0.2) is 17.6 Å². The first-order valence-electron chi connectivity index (χ1n) is 3.95. The van der Waals surface area contributed by atoms with Crippen molar-refractivity contribution in [3.05, 3.63) is 12.4 Å². The fourth-order valence-electron chi connectivity index (χ4n) is 0.811. The Kier molecular flexibility index (Phi) is 3.62. The Morgan fingerprint density at radius 3 is 2.83 bits per heavy atom. The van der Waals surface area contributed by atoms with E-state index in [-0.39, 0.29) is 0 Å². The van der Waals surface area contributed by atoms with Gasteiger partial charge in [0, 0.05) is 31.7 Å². The zero-order valence-electron chi connectivity index (χ0n) is 7.82. The largest absolute Gasteiger partial charge is 0.329 e. The molecule has 3 nitrogen and oxygen atoms in total. The van der Waals surface area contributed by atoms with E-state index in [2.05, 4.69) is 24.0 Å². The summed E-state index contributed by atoms with van der Waals surface area (Å²) in [4.78, 5) is 6.40. The summed E-state index contributed by atoms with van der Waals surface area (Å²) in [7, 11) is 6.18. The van der Waals surface area contributed by atoms with E-state index in [0.29, 0.717) is 0 Å². The lowest BCUT2D eigenvalue weighted by molar-refractivity contribution is 0.437. The number of thioether (sulfide) groups is 1. The quantitative estimate of drug-likeness (QED) is 0.655. The van der Waals surface area contributed by atoms with Crippen LogP contribution in [0, 0.1) is 0 Å². The average molecular weight is 185 g/mol. The summed E-state index contributed by atoms with van der Waals surface area (Å²) < 4.78 is 2.04. The van der Waals surface area contributed by atoms with Crippen molar-refractivity contribution in [2.45, 2.75) is 5.16 Å². The summed E-state index contributed by atoms with van der Waals surface area (Å²) in [6.45, 7) is 1.09. The molecule has 0 bridgehead atoms. The van der Waals surface area contributed by atoms with E-state index in [1.165, 1.54) is 0 Å². The van der Waals surface area contributed by atoms with Gasteiger partial charge in [0.1, 0.15) is 0 Å². The third kappa shape index (κ3) is 2.87. The molecule has 4 heteroatoms. The average Bonchev–Trinajstić information content (AvgIpc) is 2.36. The summed E-state index contributed by atoms with van der Waals surface area (Å²) >= 11 is 1.79. The van der Waals surface area contributed by atoms with Gasteiger partial charge in [-0.3, -0.25) is 0 Å². The fraction of sp³-hybridized carbons (Fsp3) is 0.625. The predicted molar refractivity (Wildman–Crippen MR) is 52.5 cm³/mol. The highest BCUT2D eigenvalue weighted by Gasteiger charge is 1.99. The smallest absolute Gasteiger partial charge is 0.167 e. The number of nitrogens with zero attached hydrogens (tertiary/aromatic N) is 3. The van der Waals surface area contributed by atoms with E-state index in [9.17, 15) is 0 Å². The van der Waals surface area contributed by atoms with Crippen LogP contribution in [0.4, 0.5) is 0 Å². The van der Waals surface area contributed by atoms with Gasteiger partial charge in [-0.1, -0.05) is 11.8 Å². The van der Waals surface area contributed by atoms with E-state index < -0.39 is 0 Å². The molecule has 0 atom stereocenters. The van der Waals surface area contributed by atoms with Crippen molar-refractivity contribution in [3.63, 3.8) is 0 Å². The highest BCUT2D eigenvalue weighted by molar-refractivity contribution is 7.99. The lowest BCUT2D eigenvalue weighted by atomic mass is 10.7. The molecule has 0 saturated carbocycles. The van der Waals surface area contributed by atoms with Crippen molar-refractivity contribution < 1.29 is 0 Å². The normalized spacial score (nSPS) is 11.0. The molecule has 0 aliphatic rings. The Hall–Kier alpha value is -0.480. The zero-order valence-corrected chi connectivity index (χ0v) is 8.64. The lowest BCUT2D eigenvalue weighted by Crippen LogP contribution is -2.15. The van der Waals surface area contributed by atoms with Crippen LogP contribution in [0.5, 0.6) is 0 Å². The Morgan fingerprint density at radius 1 is 1.58 bits per heavy atom. The molecule has 1 aromatic heterocycles. The first-order valence-corrected chi connectivity index (χ1v) is 4.93. The molecule has 1 rings (SSSR count). The molecule has 68 valence electrons. The number of hydrogen-bond donors (Lipinski definition) is 0. The number of imidazole rings is 1. The minimum Gasteiger partial charge on any atom is -0.329 e. The number of rotatable bonds is 4. The Balaban J connectivity index is 2.29. The molecule has 0 amide bonds. The van der Waals surface area contributed by atoms with Gasteiger partial charge in [-0.25, -0.2) is 4.98 Å². The van der Waals surface area contributed by atoms with Crippen molar-refractivity contribution in [2.24, 2.45) is 7.05 Å². The van der Waals surface area contributed by atoms with Crippen molar-refractivity contribution in [3.8, 4) is 0 Å². The molecule has 1 aromatic rings. The number of aromatic nitrogens is 2. The maximum absolute atomic E-state index is 4.22. The standard InChI is InChI=1S/C8H15N3S/c1-10(2)6-7-12-8-9-4-5-11(8)3/h4-5H,6-7H2,1-3H3. The highest BCUT2D eigenvalue weighted by atomic mass is 32.2. The minimum absolute atomic E-state index is 1.09. The maximum atomic E-state index is 4.22. The van der Waals surface area contributed by atoms with Crippen LogP contribution >= 0.6 is 11.8 Å². The van der Waals surface area contributed by atoms with Crippen LogP contribution in [0.25, 0.3) is 0 Å². The summed E-state index contributed by atoms with van der Waals surface area (Å²) in [5, 5.41) is 1.09. The molecule has 0 radical (unpaired) electrons. The van der Waals surface area contributed by atoms with E-state index in [4.69, 9.17) is 0 Å². The first kappa shape index (κ1) is 9.61. The third-order valence-electron chi connectivity index (χ3n) is 1.55. The predicted octanol–water partition coefficient (Wildman–Crippen LogP) is 1.07. The number of hydrogen-bond acceptors (Lipinski definition) is 3. The Morgan fingerprint density at radius 2 is 2.33 bits per heavy atom. The van der Waals surface area contributed by atoms with Gasteiger partial charge >= 0.3 is 0 Å². The summed E-state index contributed by atoms with van der Waals surface area (Å²) in [5.74, 6) is 1.10. The molecule has 12 heavy (non-hydrogen) atoms. The fourth-order valence-corrected chi connectivity index (χ4v) is 1.85. The zero-order chi connectivity index (χ0) is 8.97. The molecule has 0 saturated heterocycles. The van der Waals surface area contributed by atoms with Crippen molar-refractivity contribution in [1.82, 2.24) is 14.5 Å².